The van der Waals surface area contributed by atoms with Crippen LogP contribution in [0.2, 0.25) is 5.02 Å². The second-order valence-corrected chi connectivity index (χ2v) is 6.69. The number of halogens is 2. The molecule has 2 rings (SSSR count). The van der Waals surface area contributed by atoms with Crippen molar-refractivity contribution in [1.29, 1.82) is 0 Å². The molecule has 2 nitrogen and oxygen atoms in total. The van der Waals surface area contributed by atoms with Gasteiger partial charge < -0.3 is 10.2 Å². The molecule has 1 aliphatic heterocycles. The van der Waals surface area contributed by atoms with Crippen molar-refractivity contribution < 1.29 is 0 Å². The van der Waals surface area contributed by atoms with Gasteiger partial charge in [-0.25, -0.2) is 0 Å². The molecule has 2 unspecified atom stereocenters. The first kappa shape index (κ1) is 15.1. The first-order valence-electron chi connectivity index (χ1n) is 7.05. The summed E-state index contributed by atoms with van der Waals surface area (Å²) >= 11 is 9.85. The van der Waals surface area contributed by atoms with Gasteiger partial charge in [0, 0.05) is 23.6 Å². The molecule has 0 aliphatic carbocycles. The van der Waals surface area contributed by atoms with E-state index in [2.05, 4.69) is 46.1 Å². The number of nitrogens with one attached hydrogen (secondary N) is 1. The summed E-state index contributed by atoms with van der Waals surface area (Å²) in [6.07, 6.45) is 2.38. The van der Waals surface area contributed by atoms with Crippen LogP contribution in [0.25, 0.3) is 0 Å². The van der Waals surface area contributed by atoms with Crippen LogP contribution in [0, 0.1) is 5.92 Å². The average Bonchev–Trinajstić information content (AvgIpc) is 2.40. The molecule has 0 amide bonds. The molecule has 1 fully saturated rings. The molecule has 0 radical (unpaired) electrons. The molecule has 1 aliphatic rings. The van der Waals surface area contributed by atoms with Gasteiger partial charge in [0.1, 0.15) is 0 Å². The van der Waals surface area contributed by atoms with E-state index in [-0.39, 0.29) is 0 Å². The standard InChI is InChI=1S/C15H22BrClN2/c1-3-7-18-14-6-8-19(10-11(14)2)15-9-12(16)4-5-13(15)17/h4-5,9,11,14,18H,3,6-8,10H2,1-2H3. The molecular weight excluding hydrogens is 324 g/mol. The van der Waals surface area contributed by atoms with Gasteiger partial charge in [-0.2, -0.15) is 0 Å². The maximum absolute atomic E-state index is 6.32. The zero-order chi connectivity index (χ0) is 13.8. The monoisotopic (exact) mass is 344 g/mol. The number of hydrogen-bond donors (Lipinski definition) is 1. The van der Waals surface area contributed by atoms with E-state index >= 15 is 0 Å². The summed E-state index contributed by atoms with van der Waals surface area (Å²) in [5.74, 6) is 0.648. The van der Waals surface area contributed by atoms with Gasteiger partial charge in [0.15, 0.2) is 0 Å². The van der Waals surface area contributed by atoms with E-state index in [1.165, 1.54) is 12.8 Å². The van der Waals surface area contributed by atoms with Crippen molar-refractivity contribution in [3.63, 3.8) is 0 Å². The minimum atomic E-state index is 0.641. The molecule has 0 spiro atoms. The molecule has 4 heteroatoms. The fourth-order valence-corrected chi connectivity index (χ4v) is 3.31. The summed E-state index contributed by atoms with van der Waals surface area (Å²) in [7, 11) is 0. The molecule has 1 saturated heterocycles. The van der Waals surface area contributed by atoms with Crippen molar-refractivity contribution in [3.8, 4) is 0 Å². The van der Waals surface area contributed by atoms with Gasteiger partial charge in [0.25, 0.3) is 0 Å². The van der Waals surface area contributed by atoms with Gasteiger partial charge in [-0.15, -0.1) is 0 Å². The third-order valence-electron chi connectivity index (χ3n) is 3.81. The van der Waals surface area contributed by atoms with E-state index < -0.39 is 0 Å². The van der Waals surface area contributed by atoms with Gasteiger partial charge >= 0.3 is 0 Å². The van der Waals surface area contributed by atoms with E-state index in [1.54, 1.807) is 0 Å². The average molecular weight is 346 g/mol. The van der Waals surface area contributed by atoms with Crippen LogP contribution in [0.3, 0.4) is 0 Å². The van der Waals surface area contributed by atoms with Gasteiger partial charge in [0.2, 0.25) is 0 Å². The normalized spacial score (nSPS) is 23.7. The summed E-state index contributed by atoms with van der Waals surface area (Å²) in [4.78, 5) is 2.40. The maximum atomic E-state index is 6.32. The molecule has 0 bridgehead atoms. The fourth-order valence-electron chi connectivity index (χ4n) is 2.73. The van der Waals surface area contributed by atoms with Crippen molar-refractivity contribution in [2.24, 2.45) is 5.92 Å². The highest BCUT2D eigenvalue weighted by Gasteiger charge is 2.26. The summed E-state index contributed by atoms with van der Waals surface area (Å²) in [6, 6.07) is 6.72. The Morgan fingerprint density at radius 2 is 2.26 bits per heavy atom. The number of rotatable bonds is 4. The predicted molar refractivity (Wildman–Crippen MR) is 87.2 cm³/mol. The molecule has 1 heterocycles. The van der Waals surface area contributed by atoms with Gasteiger partial charge in [0.05, 0.1) is 10.7 Å². The van der Waals surface area contributed by atoms with E-state index in [1.807, 2.05) is 12.1 Å². The second-order valence-electron chi connectivity index (χ2n) is 5.37. The van der Waals surface area contributed by atoms with Crippen molar-refractivity contribution in [2.45, 2.75) is 32.7 Å². The minimum absolute atomic E-state index is 0.641. The summed E-state index contributed by atoms with van der Waals surface area (Å²) in [6.45, 7) is 7.80. The molecule has 106 valence electrons. The molecule has 1 aromatic carbocycles. The van der Waals surface area contributed by atoms with Crippen LogP contribution in [-0.2, 0) is 0 Å². The lowest BCUT2D eigenvalue weighted by Crippen LogP contribution is -2.48. The van der Waals surface area contributed by atoms with Crippen molar-refractivity contribution in [1.82, 2.24) is 5.32 Å². The molecule has 0 saturated carbocycles. The summed E-state index contributed by atoms with van der Waals surface area (Å²) in [5, 5.41) is 4.49. The first-order valence-corrected chi connectivity index (χ1v) is 8.22. The Hall–Kier alpha value is -0.250. The van der Waals surface area contributed by atoms with Gasteiger partial charge in [-0.3, -0.25) is 0 Å². The number of piperidine rings is 1. The number of hydrogen-bond acceptors (Lipinski definition) is 2. The van der Waals surface area contributed by atoms with Crippen molar-refractivity contribution >= 4 is 33.2 Å². The zero-order valence-corrected chi connectivity index (χ0v) is 14.0. The predicted octanol–water partition coefficient (Wildman–Crippen LogP) is 4.32. The van der Waals surface area contributed by atoms with Crippen LogP contribution in [0.1, 0.15) is 26.7 Å². The Labute approximate surface area is 129 Å². The Kier molecular flexibility index (Phi) is 5.55. The zero-order valence-electron chi connectivity index (χ0n) is 11.6. The lowest BCUT2D eigenvalue weighted by Gasteiger charge is -2.39. The summed E-state index contributed by atoms with van der Waals surface area (Å²) in [5.41, 5.74) is 1.15. The van der Waals surface area contributed by atoms with Crippen LogP contribution in [0.4, 0.5) is 5.69 Å². The van der Waals surface area contributed by atoms with E-state index in [4.69, 9.17) is 11.6 Å². The molecule has 1 aromatic rings. The van der Waals surface area contributed by atoms with Crippen LogP contribution in [0.15, 0.2) is 22.7 Å². The van der Waals surface area contributed by atoms with Crippen molar-refractivity contribution in [3.05, 3.63) is 27.7 Å². The lowest BCUT2D eigenvalue weighted by atomic mass is 9.93. The smallest absolute Gasteiger partial charge is 0.0640 e. The van der Waals surface area contributed by atoms with Crippen LogP contribution < -0.4 is 10.2 Å². The Morgan fingerprint density at radius 1 is 1.47 bits per heavy atom. The molecule has 19 heavy (non-hydrogen) atoms. The Bertz CT molecular complexity index is 425. The highest BCUT2D eigenvalue weighted by Crippen LogP contribution is 2.32. The van der Waals surface area contributed by atoms with Gasteiger partial charge in [-0.05, 0) is 43.5 Å². The third kappa shape index (κ3) is 3.87. The van der Waals surface area contributed by atoms with Gasteiger partial charge in [-0.1, -0.05) is 41.4 Å². The topological polar surface area (TPSA) is 15.3 Å². The van der Waals surface area contributed by atoms with Crippen LogP contribution >= 0.6 is 27.5 Å². The summed E-state index contributed by atoms with van der Waals surface area (Å²) < 4.78 is 1.09. The van der Waals surface area contributed by atoms with Crippen LogP contribution in [0.5, 0.6) is 0 Å². The van der Waals surface area contributed by atoms with E-state index in [0.717, 1.165) is 34.8 Å². The number of anilines is 1. The van der Waals surface area contributed by atoms with E-state index in [0.29, 0.717) is 12.0 Å². The first-order chi connectivity index (χ1) is 9.11. The molecule has 0 aromatic heterocycles. The Balaban J connectivity index is 2.03. The molecule has 1 N–H and O–H groups in total. The minimum Gasteiger partial charge on any atom is -0.370 e. The molecule has 2 atom stereocenters. The third-order valence-corrected chi connectivity index (χ3v) is 4.62. The number of benzene rings is 1. The quantitative estimate of drug-likeness (QED) is 0.874. The number of nitrogens with zero attached hydrogens (tertiary/aromatic N) is 1. The van der Waals surface area contributed by atoms with Crippen molar-refractivity contribution in [2.75, 3.05) is 24.5 Å². The SMILES string of the molecule is CCCNC1CCN(c2cc(Br)ccc2Cl)CC1C. The highest BCUT2D eigenvalue weighted by molar-refractivity contribution is 9.10. The fraction of sp³-hybridized carbons (Fsp3) is 0.600. The second kappa shape index (κ2) is 6.96. The largest absolute Gasteiger partial charge is 0.370 e. The maximum Gasteiger partial charge on any atom is 0.0640 e. The highest BCUT2D eigenvalue weighted by atomic mass is 79.9. The van der Waals surface area contributed by atoms with Crippen LogP contribution in [-0.4, -0.2) is 25.7 Å². The lowest BCUT2D eigenvalue weighted by molar-refractivity contribution is 0.322. The van der Waals surface area contributed by atoms with E-state index in [9.17, 15) is 0 Å². The Morgan fingerprint density at radius 3 is 2.95 bits per heavy atom. The molecular formula is C15H22BrClN2.